The van der Waals surface area contributed by atoms with E-state index < -0.39 is 0 Å². The first-order valence-electron chi connectivity index (χ1n) is 7.33. The molecule has 0 unspecified atom stereocenters. The number of rotatable bonds is 4. The second kappa shape index (κ2) is 5.70. The minimum atomic E-state index is 0.371. The van der Waals surface area contributed by atoms with Crippen LogP contribution in [0.4, 0.5) is 5.82 Å². The Balaban J connectivity index is 2.52. The summed E-state index contributed by atoms with van der Waals surface area (Å²) in [6, 6.07) is 8.40. The molecule has 3 nitrogen and oxygen atoms in total. The van der Waals surface area contributed by atoms with E-state index in [2.05, 4.69) is 63.5 Å². The molecule has 0 aliphatic carbocycles. The topological polar surface area (TPSA) is 43.8 Å². The molecular weight excluding hydrogens is 246 g/mol. The molecule has 3 heteroatoms. The van der Waals surface area contributed by atoms with Gasteiger partial charge in [-0.25, -0.2) is 4.98 Å². The number of imidazole rings is 1. The fourth-order valence-corrected chi connectivity index (χ4v) is 2.41. The molecule has 2 N–H and O–H groups in total. The van der Waals surface area contributed by atoms with Crippen molar-refractivity contribution in [3.8, 4) is 11.3 Å². The van der Waals surface area contributed by atoms with Crippen LogP contribution in [0.15, 0.2) is 24.3 Å². The van der Waals surface area contributed by atoms with Crippen molar-refractivity contribution in [2.24, 2.45) is 5.92 Å². The number of anilines is 1. The third-order valence-corrected chi connectivity index (χ3v) is 3.43. The lowest BCUT2D eigenvalue weighted by Gasteiger charge is -2.14. The van der Waals surface area contributed by atoms with Crippen LogP contribution in [0.5, 0.6) is 0 Å². The SMILES string of the molecule is Cc1ccc(-c2nc(C(C)C)n(CC(C)C)c2N)cc1. The Bertz CT molecular complexity index is 577. The van der Waals surface area contributed by atoms with Crippen molar-refractivity contribution in [2.75, 3.05) is 5.73 Å². The van der Waals surface area contributed by atoms with Gasteiger partial charge < -0.3 is 10.3 Å². The molecular formula is C17H25N3. The normalized spacial score (nSPS) is 11.6. The molecule has 20 heavy (non-hydrogen) atoms. The van der Waals surface area contributed by atoms with Gasteiger partial charge >= 0.3 is 0 Å². The summed E-state index contributed by atoms with van der Waals surface area (Å²) < 4.78 is 2.17. The van der Waals surface area contributed by atoms with E-state index in [1.165, 1.54) is 5.56 Å². The van der Waals surface area contributed by atoms with Crippen LogP contribution < -0.4 is 5.73 Å². The molecule has 2 aromatic rings. The molecule has 0 aliphatic rings. The van der Waals surface area contributed by atoms with E-state index in [0.29, 0.717) is 11.8 Å². The first-order chi connectivity index (χ1) is 9.40. The zero-order valence-electron chi connectivity index (χ0n) is 13.1. The summed E-state index contributed by atoms with van der Waals surface area (Å²) in [6.45, 7) is 11.7. The number of aromatic nitrogens is 2. The molecule has 108 valence electrons. The molecule has 1 aromatic heterocycles. The summed E-state index contributed by atoms with van der Waals surface area (Å²) in [4.78, 5) is 4.80. The third-order valence-electron chi connectivity index (χ3n) is 3.43. The number of nitrogen functional groups attached to an aromatic ring is 1. The fraction of sp³-hybridized carbons (Fsp3) is 0.471. The predicted octanol–water partition coefficient (Wildman–Crippen LogP) is 4.22. The minimum Gasteiger partial charge on any atom is -0.383 e. The van der Waals surface area contributed by atoms with Gasteiger partial charge in [-0.05, 0) is 12.8 Å². The number of aryl methyl sites for hydroxylation is 1. The number of nitrogens with zero attached hydrogens (tertiary/aromatic N) is 2. The predicted molar refractivity (Wildman–Crippen MR) is 85.7 cm³/mol. The van der Waals surface area contributed by atoms with E-state index in [-0.39, 0.29) is 0 Å². The smallest absolute Gasteiger partial charge is 0.131 e. The highest BCUT2D eigenvalue weighted by Gasteiger charge is 2.18. The zero-order chi connectivity index (χ0) is 14.9. The Morgan fingerprint density at radius 2 is 1.70 bits per heavy atom. The Morgan fingerprint density at radius 3 is 2.20 bits per heavy atom. The van der Waals surface area contributed by atoms with Gasteiger partial charge in [0, 0.05) is 18.0 Å². The summed E-state index contributed by atoms with van der Waals surface area (Å²) in [7, 11) is 0. The maximum absolute atomic E-state index is 6.36. The molecule has 1 aromatic carbocycles. The average Bonchev–Trinajstić information content (AvgIpc) is 2.68. The lowest BCUT2D eigenvalue weighted by molar-refractivity contribution is 0.502. The molecule has 0 aliphatic heterocycles. The van der Waals surface area contributed by atoms with E-state index >= 15 is 0 Å². The summed E-state index contributed by atoms with van der Waals surface area (Å²) in [6.07, 6.45) is 0. The van der Waals surface area contributed by atoms with Gasteiger partial charge in [-0.3, -0.25) is 0 Å². The molecule has 0 fully saturated rings. The number of hydrogen-bond donors (Lipinski definition) is 1. The van der Waals surface area contributed by atoms with Crippen LogP contribution in [0.25, 0.3) is 11.3 Å². The highest BCUT2D eigenvalue weighted by Crippen LogP contribution is 2.30. The van der Waals surface area contributed by atoms with Crippen molar-refractivity contribution >= 4 is 5.82 Å². The van der Waals surface area contributed by atoms with Crippen LogP contribution in [0.3, 0.4) is 0 Å². The van der Waals surface area contributed by atoms with E-state index in [1.807, 2.05) is 0 Å². The standard InChI is InChI=1S/C17H25N3/c1-11(2)10-20-16(18)15(19-17(20)12(3)4)14-8-6-13(5)7-9-14/h6-9,11-12H,10,18H2,1-5H3. The van der Waals surface area contributed by atoms with E-state index in [1.54, 1.807) is 0 Å². The maximum Gasteiger partial charge on any atom is 0.131 e. The van der Waals surface area contributed by atoms with Crippen molar-refractivity contribution in [1.82, 2.24) is 9.55 Å². The van der Waals surface area contributed by atoms with Gasteiger partial charge in [0.1, 0.15) is 17.3 Å². The van der Waals surface area contributed by atoms with E-state index in [9.17, 15) is 0 Å². The molecule has 0 saturated heterocycles. The van der Waals surface area contributed by atoms with Crippen molar-refractivity contribution < 1.29 is 0 Å². The molecule has 0 atom stereocenters. The monoisotopic (exact) mass is 271 g/mol. The van der Waals surface area contributed by atoms with E-state index in [4.69, 9.17) is 10.7 Å². The van der Waals surface area contributed by atoms with Crippen LogP contribution in [0, 0.1) is 12.8 Å². The molecule has 0 saturated carbocycles. The van der Waals surface area contributed by atoms with Crippen LogP contribution in [0.2, 0.25) is 0 Å². The minimum absolute atomic E-state index is 0.371. The van der Waals surface area contributed by atoms with Crippen molar-refractivity contribution in [2.45, 2.75) is 47.1 Å². The van der Waals surface area contributed by atoms with Crippen molar-refractivity contribution in [1.29, 1.82) is 0 Å². The summed E-state index contributed by atoms with van der Waals surface area (Å²) in [5, 5.41) is 0. The molecule has 2 rings (SSSR count). The fourth-order valence-electron chi connectivity index (χ4n) is 2.41. The van der Waals surface area contributed by atoms with Crippen LogP contribution in [0.1, 0.15) is 45.0 Å². The maximum atomic E-state index is 6.36. The Morgan fingerprint density at radius 1 is 1.10 bits per heavy atom. The summed E-state index contributed by atoms with van der Waals surface area (Å²) in [5.74, 6) is 2.78. The lowest BCUT2D eigenvalue weighted by Crippen LogP contribution is -2.12. The highest BCUT2D eigenvalue weighted by molar-refractivity contribution is 5.71. The third kappa shape index (κ3) is 2.87. The largest absolute Gasteiger partial charge is 0.383 e. The van der Waals surface area contributed by atoms with Gasteiger partial charge in [-0.2, -0.15) is 0 Å². The first-order valence-corrected chi connectivity index (χ1v) is 7.33. The Kier molecular flexibility index (Phi) is 4.17. The lowest BCUT2D eigenvalue weighted by atomic mass is 10.1. The highest BCUT2D eigenvalue weighted by atomic mass is 15.1. The van der Waals surface area contributed by atoms with Crippen molar-refractivity contribution in [3.63, 3.8) is 0 Å². The van der Waals surface area contributed by atoms with Gasteiger partial charge in [0.25, 0.3) is 0 Å². The van der Waals surface area contributed by atoms with Gasteiger partial charge in [0.05, 0.1) is 0 Å². The molecule has 0 spiro atoms. The Hall–Kier alpha value is -1.77. The summed E-state index contributed by atoms with van der Waals surface area (Å²) >= 11 is 0. The molecule has 0 radical (unpaired) electrons. The van der Waals surface area contributed by atoms with Gasteiger partial charge in [0.15, 0.2) is 0 Å². The zero-order valence-corrected chi connectivity index (χ0v) is 13.1. The number of hydrogen-bond acceptors (Lipinski definition) is 2. The molecule has 0 amide bonds. The van der Waals surface area contributed by atoms with Crippen LogP contribution in [-0.2, 0) is 6.54 Å². The number of benzene rings is 1. The summed E-state index contributed by atoms with van der Waals surface area (Å²) in [5.41, 5.74) is 9.62. The quantitative estimate of drug-likeness (QED) is 0.904. The molecule has 0 bridgehead atoms. The van der Waals surface area contributed by atoms with Crippen LogP contribution in [-0.4, -0.2) is 9.55 Å². The van der Waals surface area contributed by atoms with Crippen LogP contribution >= 0.6 is 0 Å². The first kappa shape index (κ1) is 14.6. The number of nitrogens with two attached hydrogens (primary N) is 1. The van der Waals surface area contributed by atoms with Crippen molar-refractivity contribution in [3.05, 3.63) is 35.7 Å². The molecule has 1 heterocycles. The van der Waals surface area contributed by atoms with Gasteiger partial charge in [0.2, 0.25) is 0 Å². The van der Waals surface area contributed by atoms with E-state index in [0.717, 1.165) is 29.4 Å². The van der Waals surface area contributed by atoms with Gasteiger partial charge in [-0.1, -0.05) is 57.5 Å². The average molecular weight is 271 g/mol. The second-order valence-electron chi connectivity index (χ2n) is 6.23. The second-order valence-corrected chi connectivity index (χ2v) is 6.23. The van der Waals surface area contributed by atoms with Gasteiger partial charge in [-0.15, -0.1) is 0 Å². The Labute approximate surface area is 121 Å².